The van der Waals surface area contributed by atoms with Crippen molar-refractivity contribution in [2.24, 2.45) is 5.73 Å². The maximum Gasteiger partial charge on any atom is 0.337 e. The molecule has 15 heavy (non-hydrogen) atoms. The molecule has 78 valence electrons. The third kappa shape index (κ3) is 1.53. The van der Waals surface area contributed by atoms with E-state index in [0.717, 1.165) is 5.56 Å². The summed E-state index contributed by atoms with van der Waals surface area (Å²) in [6.45, 7) is 0. The molecule has 0 unspecified atom stereocenters. The largest absolute Gasteiger partial charge is 0.465 e. The van der Waals surface area contributed by atoms with Crippen LogP contribution in [0.25, 0.3) is 0 Å². The van der Waals surface area contributed by atoms with Crippen molar-refractivity contribution in [1.29, 1.82) is 0 Å². The molecule has 0 spiro atoms. The summed E-state index contributed by atoms with van der Waals surface area (Å²) in [7, 11) is 1.31. The second-order valence-electron chi connectivity index (χ2n) is 3.53. The predicted octanol–water partition coefficient (Wildman–Crippen LogP) is 1.06. The van der Waals surface area contributed by atoms with Gasteiger partial charge in [0.2, 0.25) is 0 Å². The van der Waals surface area contributed by atoms with Gasteiger partial charge in [-0.1, -0.05) is 6.07 Å². The predicted molar refractivity (Wildman–Crippen MR) is 53.7 cm³/mol. The van der Waals surface area contributed by atoms with E-state index in [9.17, 15) is 9.59 Å². The third-order valence-electron chi connectivity index (χ3n) is 2.58. The van der Waals surface area contributed by atoms with Gasteiger partial charge in [-0.3, -0.25) is 4.79 Å². The molecule has 0 saturated carbocycles. The number of esters is 1. The van der Waals surface area contributed by atoms with Crippen molar-refractivity contribution in [3.63, 3.8) is 0 Å². The molecule has 0 aromatic heterocycles. The standard InChI is InChI=1S/C11H11NO3/c1-15-11(14)6-2-3-7-8(4-6)10(13)5-9(7)12/h2-4,9H,5,12H2,1H3/t9-/m1/s1. The van der Waals surface area contributed by atoms with Crippen LogP contribution in [0.3, 0.4) is 0 Å². The van der Waals surface area contributed by atoms with Gasteiger partial charge in [-0.2, -0.15) is 0 Å². The smallest absolute Gasteiger partial charge is 0.337 e. The molecule has 1 aromatic carbocycles. The molecule has 0 heterocycles. The number of benzene rings is 1. The number of Topliss-reactive ketones (excluding diaryl/α,β-unsaturated/α-hetero) is 1. The summed E-state index contributed by atoms with van der Waals surface area (Å²) in [5.41, 5.74) is 7.51. The topological polar surface area (TPSA) is 69.4 Å². The molecule has 0 fully saturated rings. The van der Waals surface area contributed by atoms with E-state index in [1.165, 1.54) is 7.11 Å². The summed E-state index contributed by atoms with van der Waals surface area (Å²) in [4.78, 5) is 22.7. The molecule has 0 amide bonds. The lowest BCUT2D eigenvalue weighted by Crippen LogP contribution is -2.06. The normalized spacial score (nSPS) is 18.8. The molecular formula is C11H11NO3. The van der Waals surface area contributed by atoms with E-state index >= 15 is 0 Å². The highest BCUT2D eigenvalue weighted by Crippen LogP contribution is 2.29. The zero-order chi connectivity index (χ0) is 11.0. The zero-order valence-corrected chi connectivity index (χ0v) is 8.32. The van der Waals surface area contributed by atoms with E-state index < -0.39 is 5.97 Å². The Labute approximate surface area is 87.0 Å². The lowest BCUT2D eigenvalue weighted by Gasteiger charge is -2.04. The molecule has 0 radical (unpaired) electrons. The van der Waals surface area contributed by atoms with E-state index in [0.29, 0.717) is 17.5 Å². The minimum Gasteiger partial charge on any atom is -0.465 e. The number of ketones is 1. The highest BCUT2D eigenvalue weighted by Gasteiger charge is 2.27. The third-order valence-corrected chi connectivity index (χ3v) is 2.58. The fraction of sp³-hybridized carbons (Fsp3) is 0.273. The molecular weight excluding hydrogens is 194 g/mol. The van der Waals surface area contributed by atoms with Crippen LogP contribution < -0.4 is 5.73 Å². The molecule has 1 aromatic rings. The average molecular weight is 205 g/mol. The highest BCUT2D eigenvalue weighted by molar-refractivity contribution is 6.03. The molecule has 1 aliphatic rings. The van der Waals surface area contributed by atoms with Gasteiger partial charge in [0.15, 0.2) is 5.78 Å². The van der Waals surface area contributed by atoms with Crippen LogP contribution in [0.2, 0.25) is 0 Å². The van der Waals surface area contributed by atoms with Crippen LogP contribution in [-0.2, 0) is 4.74 Å². The molecule has 4 heteroatoms. The summed E-state index contributed by atoms with van der Waals surface area (Å²) in [5.74, 6) is -0.450. The summed E-state index contributed by atoms with van der Waals surface area (Å²) >= 11 is 0. The molecule has 4 nitrogen and oxygen atoms in total. The molecule has 2 N–H and O–H groups in total. The van der Waals surface area contributed by atoms with Gasteiger partial charge in [-0.15, -0.1) is 0 Å². The summed E-state index contributed by atoms with van der Waals surface area (Å²) in [5, 5.41) is 0. The Kier molecular flexibility index (Phi) is 2.28. The van der Waals surface area contributed by atoms with E-state index in [-0.39, 0.29) is 11.8 Å². The van der Waals surface area contributed by atoms with Crippen LogP contribution in [-0.4, -0.2) is 18.9 Å². The number of methoxy groups -OCH3 is 1. The first-order chi connectivity index (χ1) is 7.13. The summed E-state index contributed by atoms with van der Waals surface area (Å²) in [6, 6.07) is 4.66. The van der Waals surface area contributed by atoms with Gasteiger partial charge in [0.25, 0.3) is 0 Å². The van der Waals surface area contributed by atoms with Gasteiger partial charge < -0.3 is 10.5 Å². The second-order valence-corrected chi connectivity index (χ2v) is 3.53. The van der Waals surface area contributed by atoms with Gasteiger partial charge in [0, 0.05) is 18.0 Å². The van der Waals surface area contributed by atoms with Crippen LogP contribution in [0.4, 0.5) is 0 Å². The maximum atomic E-state index is 11.5. The van der Waals surface area contributed by atoms with Crippen LogP contribution in [0, 0.1) is 0 Å². The van der Waals surface area contributed by atoms with Gasteiger partial charge in [0.05, 0.1) is 12.7 Å². The van der Waals surface area contributed by atoms with Crippen molar-refractivity contribution in [3.8, 4) is 0 Å². The van der Waals surface area contributed by atoms with Crippen molar-refractivity contribution in [3.05, 3.63) is 34.9 Å². The monoisotopic (exact) mass is 205 g/mol. The van der Waals surface area contributed by atoms with Gasteiger partial charge in [-0.05, 0) is 17.7 Å². The fourth-order valence-electron chi connectivity index (χ4n) is 1.79. The minimum atomic E-state index is -0.439. The van der Waals surface area contributed by atoms with Crippen molar-refractivity contribution >= 4 is 11.8 Å². The second kappa shape index (κ2) is 3.47. The van der Waals surface area contributed by atoms with Crippen LogP contribution in [0.5, 0.6) is 0 Å². The van der Waals surface area contributed by atoms with Crippen LogP contribution in [0.1, 0.15) is 38.7 Å². The Bertz CT molecular complexity index is 439. The number of hydrogen-bond acceptors (Lipinski definition) is 4. The number of fused-ring (bicyclic) bond motifs is 1. The average Bonchev–Trinajstić information content (AvgIpc) is 2.53. The van der Waals surface area contributed by atoms with Crippen molar-refractivity contribution in [2.45, 2.75) is 12.5 Å². The lowest BCUT2D eigenvalue weighted by molar-refractivity contribution is 0.0600. The maximum absolute atomic E-state index is 11.5. The van der Waals surface area contributed by atoms with E-state index in [1.807, 2.05) is 0 Å². The quantitative estimate of drug-likeness (QED) is 0.696. The minimum absolute atomic E-state index is 0.0109. The van der Waals surface area contributed by atoms with Crippen molar-refractivity contribution in [2.75, 3.05) is 7.11 Å². The van der Waals surface area contributed by atoms with E-state index in [2.05, 4.69) is 4.74 Å². The molecule has 2 rings (SSSR count). The van der Waals surface area contributed by atoms with Gasteiger partial charge in [-0.25, -0.2) is 4.79 Å². The first kappa shape index (κ1) is 9.86. The summed E-state index contributed by atoms with van der Waals surface area (Å²) in [6.07, 6.45) is 0.319. The van der Waals surface area contributed by atoms with E-state index in [1.54, 1.807) is 18.2 Å². The molecule has 0 aliphatic heterocycles. The Hall–Kier alpha value is -1.68. The first-order valence-electron chi connectivity index (χ1n) is 4.64. The Balaban J connectivity index is 2.47. The summed E-state index contributed by atoms with van der Waals surface area (Å²) < 4.78 is 4.58. The van der Waals surface area contributed by atoms with Crippen molar-refractivity contribution < 1.29 is 14.3 Å². The van der Waals surface area contributed by atoms with E-state index in [4.69, 9.17) is 5.73 Å². The van der Waals surface area contributed by atoms with Gasteiger partial charge in [0.1, 0.15) is 0 Å². The van der Waals surface area contributed by atoms with Crippen LogP contribution in [0.15, 0.2) is 18.2 Å². The number of carbonyl (C=O) groups is 2. The number of rotatable bonds is 1. The van der Waals surface area contributed by atoms with Crippen LogP contribution >= 0.6 is 0 Å². The Morgan fingerprint density at radius 3 is 2.93 bits per heavy atom. The number of carbonyl (C=O) groups excluding carboxylic acids is 2. The highest BCUT2D eigenvalue weighted by atomic mass is 16.5. The molecule has 0 bridgehead atoms. The molecule has 0 saturated heterocycles. The number of hydrogen-bond donors (Lipinski definition) is 1. The fourth-order valence-corrected chi connectivity index (χ4v) is 1.79. The Morgan fingerprint density at radius 1 is 1.53 bits per heavy atom. The Morgan fingerprint density at radius 2 is 2.27 bits per heavy atom. The first-order valence-corrected chi connectivity index (χ1v) is 4.64. The number of ether oxygens (including phenoxy) is 1. The molecule has 1 atom stereocenters. The van der Waals surface area contributed by atoms with Gasteiger partial charge >= 0.3 is 5.97 Å². The number of nitrogens with two attached hydrogens (primary N) is 1. The SMILES string of the molecule is COC(=O)c1ccc2c(c1)C(=O)C[C@H]2N. The lowest BCUT2D eigenvalue weighted by atomic mass is 10.0. The zero-order valence-electron chi connectivity index (χ0n) is 8.32. The molecule has 1 aliphatic carbocycles. The van der Waals surface area contributed by atoms with Crippen molar-refractivity contribution in [1.82, 2.24) is 0 Å².